The molecule has 1 amide bonds. The number of carbonyl (C=O) groups excluding carboxylic acids is 1. The molecule has 0 atom stereocenters. The highest BCUT2D eigenvalue weighted by Crippen LogP contribution is 2.19. The molecule has 0 spiro atoms. The van der Waals surface area contributed by atoms with E-state index in [-0.39, 0.29) is 5.91 Å². The van der Waals surface area contributed by atoms with Gasteiger partial charge in [-0.05, 0) is 24.6 Å². The molecule has 116 valence electrons. The molecule has 1 aromatic carbocycles. The molecule has 7 heteroatoms. The lowest BCUT2D eigenvalue weighted by molar-refractivity contribution is -0.128. The molecule has 1 N–H and O–H groups in total. The summed E-state index contributed by atoms with van der Waals surface area (Å²) in [6, 6.07) is 8.50. The predicted molar refractivity (Wildman–Crippen MR) is 87.1 cm³/mol. The van der Waals surface area contributed by atoms with Crippen LogP contribution in [0, 0.1) is 6.92 Å². The summed E-state index contributed by atoms with van der Waals surface area (Å²) in [5.74, 6) is 0.577. The minimum Gasteiger partial charge on any atom is -0.368 e. The molecule has 1 aliphatic rings. The number of piperazine rings is 1. The molecule has 1 aliphatic heterocycles. The molecular formula is C15H19N5OS. The average Bonchev–Trinajstić information content (AvgIpc) is 3.06. The van der Waals surface area contributed by atoms with E-state index in [0.717, 1.165) is 31.2 Å². The molecule has 1 fully saturated rings. The number of aryl methyl sites for hydroxylation is 1. The third-order valence-corrected chi connectivity index (χ3v) is 4.62. The van der Waals surface area contributed by atoms with Gasteiger partial charge in [-0.1, -0.05) is 23.9 Å². The van der Waals surface area contributed by atoms with Crippen LogP contribution in [0.15, 0.2) is 35.5 Å². The lowest BCUT2D eigenvalue weighted by Crippen LogP contribution is -2.49. The van der Waals surface area contributed by atoms with Crippen LogP contribution in [-0.2, 0) is 4.79 Å². The number of benzene rings is 1. The van der Waals surface area contributed by atoms with Crippen molar-refractivity contribution in [1.82, 2.24) is 20.3 Å². The van der Waals surface area contributed by atoms with Crippen LogP contribution in [0.4, 0.5) is 5.69 Å². The summed E-state index contributed by atoms with van der Waals surface area (Å²) in [4.78, 5) is 16.5. The Labute approximate surface area is 133 Å². The van der Waals surface area contributed by atoms with Gasteiger partial charge in [0.05, 0.1) is 11.9 Å². The Morgan fingerprint density at radius 1 is 1.32 bits per heavy atom. The van der Waals surface area contributed by atoms with Crippen molar-refractivity contribution in [3.8, 4) is 0 Å². The molecular weight excluding hydrogens is 298 g/mol. The summed E-state index contributed by atoms with van der Waals surface area (Å²) < 4.78 is 0. The number of nitrogens with one attached hydrogen (secondary N) is 1. The summed E-state index contributed by atoms with van der Waals surface area (Å²) in [6.45, 7) is 5.40. The van der Waals surface area contributed by atoms with Crippen LogP contribution < -0.4 is 4.90 Å². The number of aromatic nitrogens is 3. The lowest BCUT2D eigenvalue weighted by atomic mass is 10.2. The van der Waals surface area contributed by atoms with E-state index in [0.29, 0.717) is 5.75 Å². The summed E-state index contributed by atoms with van der Waals surface area (Å²) in [5.41, 5.74) is 2.50. The van der Waals surface area contributed by atoms with E-state index in [2.05, 4.69) is 51.5 Å². The van der Waals surface area contributed by atoms with Crippen molar-refractivity contribution in [2.75, 3.05) is 36.8 Å². The van der Waals surface area contributed by atoms with Crippen molar-refractivity contribution in [1.29, 1.82) is 0 Å². The van der Waals surface area contributed by atoms with Crippen LogP contribution in [0.5, 0.6) is 0 Å². The van der Waals surface area contributed by atoms with Crippen LogP contribution in [0.2, 0.25) is 0 Å². The Balaban J connectivity index is 1.49. The van der Waals surface area contributed by atoms with E-state index in [1.165, 1.54) is 23.0 Å². The fourth-order valence-corrected chi connectivity index (χ4v) is 3.21. The predicted octanol–water partition coefficient (Wildman–Crippen LogP) is 1.55. The number of thioether (sulfide) groups is 1. The van der Waals surface area contributed by atoms with Gasteiger partial charge in [0, 0.05) is 31.9 Å². The van der Waals surface area contributed by atoms with Crippen molar-refractivity contribution >= 4 is 23.4 Å². The quantitative estimate of drug-likeness (QED) is 0.867. The standard InChI is InChI=1S/C15H19N5OS/c1-12-3-2-4-13(9-12)19-5-7-20(8-6-19)15(21)11-22-14-10-16-18-17-14/h2-4,9-10H,5-8,11H2,1H3,(H,16,17,18). The summed E-state index contributed by atoms with van der Waals surface area (Å²) in [5, 5.41) is 11.0. The molecule has 22 heavy (non-hydrogen) atoms. The molecule has 1 saturated heterocycles. The van der Waals surface area contributed by atoms with Gasteiger partial charge in [0.15, 0.2) is 0 Å². The molecule has 0 radical (unpaired) electrons. The second kappa shape index (κ2) is 6.83. The Kier molecular flexibility index (Phi) is 4.62. The van der Waals surface area contributed by atoms with Gasteiger partial charge in [0.25, 0.3) is 0 Å². The van der Waals surface area contributed by atoms with Crippen molar-refractivity contribution in [2.24, 2.45) is 0 Å². The zero-order chi connectivity index (χ0) is 15.4. The number of rotatable bonds is 4. The molecule has 2 aromatic rings. The monoisotopic (exact) mass is 317 g/mol. The molecule has 1 aromatic heterocycles. The first kappa shape index (κ1) is 14.9. The van der Waals surface area contributed by atoms with E-state index in [1.807, 2.05) is 4.90 Å². The summed E-state index contributed by atoms with van der Waals surface area (Å²) in [7, 11) is 0. The molecule has 2 heterocycles. The number of amides is 1. The highest BCUT2D eigenvalue weighted by molar-refractivity contribution is 7.99. The van der Waals surface area contributed by atoms with Crippen molar-refractivity contribution in [3.63, 3.8) is 0 Å². The van der Waals surface area contributed by atoms with E-state index in [1.54, 1.807) is 6.20 Å². The Morgan fingerprint density at radius 3 is 2.82 bits per heavy atom. The van der Waals surface area contributed by atoms with Crippen molar-refractivity contribution in [3.05, 3.63) is 36.0 Å². The van der Waals surface area contributed by atoms with Crippen LogP contribution in [0.25, 0.3) is 0 Å². The van der Waals surface area contributed by atoms with Crippen LogP contribution in [0.3, 0.4) is 0 Å². The van der Waals surface area contributed by atoms with E-state index >= 15 is 0 Å². The van der Waals surface area contributed by atoms with E-state index in [9.17, 15) is 4.79 Å². The Hall–Kier alpha value is -2.02. The topological polar surface area (TPSA) is 65.1 Å². The third kappa shape index (κ3) is 3.59. The molecule has 0 unspecified atom stereocenters. The first-order valence-electron chi connectivity index (χ1n) is 7.30. The first-order chi connectivity index (χ1) is 10.7. The van der Waals surface area contributed by atoms with Gasteiger partial charge in [0.1, 0.15) is 5.03 Å². The molecule has 0 aliphatic carbocycles. The maximum Gasteiger partial charge on any atom is 0.233 e. The van der Waals surface area contributed by atoms with Crippen molar-refractivity contribution < 1.29 is 4.79 Å². The van der Waals surface area contributed by atoms with Gasteiger partial charge >= 0.3 is 0 Å². The number of carbonyl (C=O) groups is 1. The summed E-state index contributed by atoms with van der Waals surface area (Å²) >= 11 is 1.42. The first-order valence-corrected chi connectivity index (χ1v) is 8.29. The SMILES string of the molecule is Cc1cccc(N2CCN(C(=O)CSc3cn[nH]n3)CC2)c1. The van der Waals surface area contributed by atoms with Gasteiger partial charge in [-0.25, -0.2) is 0 Å². The van der Waals surface area contributed by atoms with Crippen LogP contribution >= 0.6 is 11.8 Å². The zero-order valence-corrected chi connectivity index (χ0v) is 13.3. The number of hydrogen-bond donors (Lipinski definition) is 1. The number of hydrogen-bond acceptors (Lipinski definition) is 5. The maximum absolute atomic E-state index is 12.2. The zero-order valence-electron chi connectivity index (χ0n) is 12.5. The summed E-state index contributed by atoms with van der Waals surface area (Å²) in [6.07, 6.45) is 1.63. The Morgan fingerprint density at radius 2 is 2.14 bits per heavy atom. The van der Waals surface area contributed by atoms with Crippen LogP contribution in [-0.4, -0.2) is 58.1 Å². The van der Waals surface area contributed by atoms with Gasteiger partial charge < -0.3 is 9.80 Å². The highest BCUT2D eigenvalue weighted by atomic mass is 32.2. The number of anilines is 1. The number of nitrogens with zero attached hydrogens (tertiary/aromatic N) is 4. The smallest absolute Gasteiger partial charge is 0.233 e. The van der Waals surface area contributed by atoms with E-state index in [4.69, 9.17) is 0 Å². The molecule has 3 rings (SSSR count). The van der Waals surface area contributed by atoms with Crippen LogP contribution in [0.1, 0.15) is 5.56 Å². The fourth-order valence-electron chi connectivity index (χ4n) is 2.53. The number of aromatic amines is 1. The molecule has 6 nitrogen and oxygen atoms in total. The minimum absolute atomic E-state index is 0.164. The lowest BCUT2D eigenvalue weighted by Gasteiger charge is -2.36. The fraction of sp³-hybridized carbons (Fsp3) is 0.400. The largest absolute Gasteiger partial charge is 0.368 e. The second-order valence-electron chi connectivity index (χ2n) is 5.30. The van der Waals surface area contributed by atoms with Gasteiger partial charge in [-0.15, -0.1) is 5.10 Å². The van der Waals surface area contributed by atoms with E-state index < -0.39 is 0 Å². The highest BCUT2D eigenvalue weighted by Gasteiger charge is 2.21. The normalized spacial score (nSPS) is 15.1. The van der Waals surface area contributed by atoms with Gasteiger partial charge in [-0.2, -0.15) is 10.3 Å². The van der Waals surface area contributed by atoms with Gasteiger partial charge in [-0.3, -0.25) is 4.79 Å². The second-order valence-corrected chi connectivity index (χ2v) is 6.30. The van der Waals surface area contributed by atoms with Gasteiger partial charge in [0.2, 0.25) is 5.91 Å². The minimum atomic E-state index is 0.164. The van der Waals surface area contributed by atoms with Crippen molar-refractivity contribution in [2.45, 2.75) is 11.9 Å². The average molecular weight is 317 g/mol. The maximum atomic E-state index is 12.2. The molecule has 0 bridgehead atoms. The third-order valence-electron chi connectivity index (χ3n) is 3.74. The number of H-pyrrole nitrogens is 1. The Bertz CT molecular complexity index is 623. The molecule has 0 saturated carbocycles.